The van der Waals surface area contributed by atoms with Crippen LogP contribution >= 0.6 is 22.9 Å². The Kier molecular flexibility index (Phi) is 4.22. The van der Waals surface area contributed by atoms with Crippen LogP contribution in [-0.2, 0) is 6.42 Å². The maximum atomic E-state index is 5.66. The summed E-state index contributed by atoms with van der Waals surface area (Å²) in [5.41, 5.74) is 3.93. The average Bonchev–Trinajstić information content (AvgIpc) is 2.96. The summed E-state index contributed by atoms with van der Waals surface area (Å²) in [4.78, 5) is 2.46. The molecule has 0 amide bonds. The molecule has 0 saturated carbocycles. The molecule has 0 bridgehead atoms. The van der Waals surface area contributed by atoms with Gasteiger partial charge in [0.15, 0.2) is 0 Å². The summed E-state index contributed by atoms with van der Waals surface area (Å²) < 4.78 is 4.04. The Hall–Kier alpha value is -0.820. The first-order valence-electron chi connectivity index (χ1n) is 5.53. The largest absolute Gasteiger partial charge is 0.271 e. The summed E-state index contributed by atoms with van der Waals surface area (Å²) in [7, 11) is 0. The van der Waals surface area contributed by atoms with Crippen molar-refractivity contribution >= 4 is 22.9 Å². The van der Waals surface area contributed by atoms with Gasteiger partial charge in [0.2, 0.25) is 0 Å². The van der Waals surface area contributed by atoms with Crippen LogP contribution in [0, 0.1) is 0 Å². The van der Waals surface area contributed by atoms with Crippen LogP contribution in [0.4, 0.5) is 0 Å². The molecule has 3 N–H and O–H groups in total. The van der Waals surface area contributed by atoms with E-state index in [0.717, 1.165) is 17.0 Å². The highest BCUT2D eigenvalue weighted by molar-refractivity contribution is 7.10. The first kappa shape index (κ1) is 12.6. The van der Waals surface area contributed by atoms with E-state index >= 15 is 0 Å². The molecule has 0 aliphatic rings. The fourth-order valence-corrected chi connectivity index (χ4v) is 3.32. The Labute approximate surface area is 109 Å². The molecular weight excluding hydrogens is 252 g/mol. The van der Waals surface area contributed by atoms with Gasteiger partial charge >= 0.3 is 0 Å². The van der Waals surface area contributed by atoms with E-state index in [4.69, 9.17) is 5.84 Å². The molecule has 0 aromatic carbocycles. The van der Waals surface area contributed by atoms with Crippen LogP contribution in [0.1, 0.15) is 41.3 Å². The van der Waals surface area contributed by atoms with Gasteiger partial charge in [0, 0.05) is 11.3 Å². The predicted molar refractivity (Wildman–Crippen MR) is 72.1 cm³/mol. The fourth-order valence-electron chi connectivity index (χ4n) is 1.70. The molecule has 0 aliphatic heterocycles. The Morgan fingerprint density at radius 2 is 2.29 bits per heavy atom. The molecule has 2 aromatic heterocycles. The van der Waals surface area contributed by atoms with E-state index in [1.54, 1.807) is 11.3 Å². The maximum absolute atomic E-state index is 5.66. The molecule has 2 rings (SSSR count). The summed E-state index contributed by atoms with van der Waals surface area (Å²) in [5, 5.41) is 6.27. The highest BCUT2D eigenvalue weighted by Crippen LogP contribution is 2.28. The topological polar surface area (TPSA) is 63.8 Å². The Bertz CT molecular complexity index is 450. The van der Waals surface area contributed by atoms with Crippen LogP contribution < -0.4 is 11.3 Å². The van der Waals surface area contributed by atoms with Crippen molar-refractivity contribution in [3.05, 3.63) is 33.0 Å². The lowest BCUT2D eigenvalue weighted by molar-refractivity contribution is 0.554. The van der Waals surface area contributed by atoms with Crippen LogP contribution in [0.5, 0.6) is 0 Å². The van der Waals surface area contributed by atoms with Gasteiger partial charge < -0.3 is 0 Å². The molecule has 0 aliphatic carbocycles. The SMILES string of the molecule is CC(C)c1nnsc1C(Cc1cccs1)NN. The quantitative estimate of drug-likeness (QED) is 0.646. The van der Waals surface area contributed by atoms with E-state index < -0.39 is 0 Å². The number of nitrogens with zero attached hydrogens (tertiary/aromatic N) is 2. The van der Waals surface area contributed by atoms with Crippen molar-refractivity contribution in [1.29, 1.82) is 0 Å². The van der Waals surface area contributed by atoms with Gasteiger partial charge in [-0.25, -0.2) is 0 Å². The Balaban J connectivity index is 2.20. The van der Waals surface area contributed by atoms with Crippen LogP contribution in [0.25, 0.3) is 0 Å². The second-order valence-corrected chi connectivity index (χ2v) is 6.00. The zero-order valence-corrected chi connectivity index (χ0v) is 11.5. The average molecular weight is 268 g/mol. The molecule has 0 radical (unpaired) electrons. The summed E-state index contributed by atoms with van der Waals surface area (Å²) in [5.74, 6) is 6.03. The smallest absolute Gasteiger partial charge is 0.0829 e. The van der Waals surface area contributed by atoms with Crippen LogP contribution in [0.15, 0.2) is 17.5 Å². The highest BCUT2D eigenvalue weighted by atomic mass is 32.1. The van der Waals surface area contributed by atoms with E-state index in [0.29, 0.717) is 5.92 Å². The Morgan fingerprint density at radius 1 is 1.47 bits per heavy atom. The highest BCUT2D eigenvalue weighted by Gasteiger charge is 2.20. The van der Waals surface area contributed by atoms with Gasteiger partial charge in [0.1, 0.15) is 0 Å². The summed E-state index contributed by atoms with van der Waals surface area (Å²) in [6, 6.07) is 4.28. The minimum absolute atomic E-state index is 0.103. The number of hydrazine groups is 1. The van der Waals surface area contributed by atoms with Crippen molar-refractivity contribution in [3.63, 3.8) is 0 Å². The van der Waals surface area contributed by atoms with Crippen molar-refractivity contribution in [1.82, 2.24) is 15.0 Å². The van der Waals surface area contributed by atoms with Crippen molar-refractivity contribution in [2.45, 2.75) is 32.2 Å². The second kappa shape index (κ2) is 5.68. The lowest BCUT2D eigenvalue weighted by Gasteiger charge is -2.15. The molecular formula is C11H16N4S2. The fraction of sp³-hybridized carbons (Fsp3) is 0.455. The van der Waals surface area contributed by atoms with Gasteiger partial charge in [-0.3, -0.25) is 11.3 Å². The molecule has 2 aromatic rings. The number of hydrogen-bond acceptors (Lipinski definition) is 6. The molecule has 0 spiro atoms. The van der Waals surface area contributed by atoms with Gasteiger partial charge in [-0.05, 0) is 28.9 Å². The molecule has 0 saturated heterocycles. The van der Waals surface area contributed by atoms with Gasteiger partial charge in [-0.2, -0.15) is 0 Å². The van der Waals surface area contributed by atoms with Crippen LogP contribution in [0.3, 0.4) is 0 Å². The Morgan fingerprint density at radius 3 is 2.88 bits per heavy atom. The number of rotatable bonds is 5. The van der Waals surface area contributed by atoms with Crippen molar-refractivity contribution < 1.29 is 0 Å². The molecule has 6 heteroatoms. The monoisotopic (exact) mass is 268 g/mol. The molecule has 2 heterocycles. The molecule has 92 valence electrons. The molecule has 17 heavy (non-hydrogen) atoms. The van der Waals surface area contributed by atoms with Crippen molar-refractivity contribution in [2.24, 2.45) is 5.84 Å². The van der Waals surface area contributed by atoms with E-state index in [1.807, 2.05) is 0 Å². The first-order chi connectivity index (χ1) is 8.22. The van der Waals surface area contributed by atoms with E-state index in [-0.39, 0.29) is 6.04 Å². The van der Waals surface area contributed by atoms with Crippen LogP contribution in [0.2, 0.25) is 0 Å². The molecule has 1 unspecified atom stereocenters. The van der Waals surface area contributed by atoms with Gasteiger partial charge in [0.05, 0.1) is 16.6 Å². The van der Waals surface area contributed by atoms with Gasteiger partial charge in [0.25, 0.3) is 0 Å². The molecule has 4 nitrogen and oxygen atoms in total. The van der Waals surface area contributed by atoms with Crippen molar-refractivity contribution in [2.75, 3.05) is 0 Å². The van der Waals surface area contributed by atoms with E-state index in [1.165, 1.54) is 16.4 Å². The molecule has 1 atom stereocenters. The lowest BCUT2D eigenvalue weighted by Crippen LogP contribution is -2.29. The first-order valence-corrected chi connectivity index (χ1v) is 7.18. The third kappa shape index (κ3) is 2.90. The predicted octanol–water partition coefficient (Wildman–Crippen LogP) is 2.47. The summed E-state index contributed by atoms with van der Waals surface area (Å²) >= 11 is 3.18. The van der Waals surface area contributed by atoms with Crippen LogP contribution in [-0.4, -0.2) is 9.59 Å². The zero-order valence-electron chi connectivity index (χ0n) is 9.88. The van der Waals surface area contributed by atoms with Gasteiger partial charge in [-0.15, -0.1) is 16.4 Å². The number of nitrogens with two attached hydrogens (primary N) is 1. The molecule has 0 fully saturated rings. The van der Waals surface area contributed by atoms with E-state index in [9.17, 15) is 0 Å². The number of nitrogens with one attached hydrogen (secondary N) is 1. The zero-order chi connectivity index (χ0) is 12.3. The third-order valence-corrected chi connectivity index (χ3v) is 4.34. The summed E-state index contributed by atoms with van der Waals surface area (Å²) in [6.45, 7) is 4.25. The van der Waals surface area contributed by atoms with Gasteiger partial charge in [-0.1, -0.05) is 24.4 Å². The third-order valence-electron chi connectivity index (χ3n) is 2.59. The maximum Gasteiger partial charge on any atom is 0.0829 e. The standard InChI is InChI=1S/C11H16N4S2/c1-7(2)10-11(17-15-14-10)9(13-12)6-8-4-3-5-16-8/h3-5,7,9,13H,6,12H2,1-2H3. The lowest BCUT2D eigenvalue weighted by atomic mass is 10.0. The van der Waals surface area contributed by atoms with E-state index in [2.05, 4.69) is 46.4 Å². The number of aromatic nitrogens is 2. The number of hydrogen-bond donors (Lipinski definition) is 2. The normalized spacial score (nSPS) is 13.2. The number of thiophene rings is 1. The summed E-state index contributed by atoms with van der Waals surface area (Å²) in [6.07, 6.45) is 0.887. The minimum atomic E-state index is 0.103. The van der Waals surface area contributed by atoms with Crippen molar-refractivity contribution in [3.8, 4) is 0 Å². The minimum Gasteiger partial charge on any atom is -0.271 e. The second-order valence-electron chi connectivity index (χ2n) is 4.18.